The second kappa shape index (κ2) is 4.99. The molecule has 1 aliphatic rings. The van der Waals surface area contributed by atoms with E-state index in [2.05, 4.69) is 5.32 Å². The Morgan fingerprint density at radius 3 is 2.21 bits per heavy atom. The van der Waals surface area contributed by atoms with Crippen molar-refractivity contribution in [1.29, 1.82) is 0 Å². The summed E-state index contributed by atoms with van der Waals surface area (Å²) in [5.41, 5.74) is -1.28. The minimum absolute atomic E-state index is 0.0831. The molecule has 1 unspecified atom stereocenters. The molecule has 0 heterocycles. The zero-order valence-electron chi connectivity index (χ0n) is 9.91. The van der Waals surface area contributed by atoms with Gasteiger partial charge in [-0.1, -0.05) is 40.9 Å². The molecule has 1 aliphatic carbocycles. The highest BCUT2D eigenvalue weighted by atomic mass is 35.5. The van der Waals surface area contributed by atoms with Crippen molar-refractivity contribution in [1.82, 2.24) is 5.32 Å². The Morgan fingerprint density at radius 1 is 1.16 bits per heavy atom. The van der Waals surface area contributed by atoms with E-state index in [1.54, 1.807) is 13.0 Å². The van der Waals surface area contributed by atoms with E-state index in [1.807, 2.05) is 0 Å². The van der Waals surface area contributed by atoms with Crippen LogP contribution in [0.5, 0.6) is 0 Å². The third kappa shape index (κ3) is 2.82. The molecule has 0 saturated heterocycles. The van der Waals surface area contributed by atoms with Gasteiger partial charge in [-0.3, -0.25) is 5.32 Å². The van der Waals surface area contributed by atoms with Crippen LogP contribution in [0, 0.1) is 0 Å². The lowest BCUT2D eigenvalue weighted by molar-refractivity contribution is -0.167. The first-order valence-electron chi connectivity index (χ1n) is 5.66. The third-order valence-electron chi connectivity index (χ3n) is 3.32. The van der Waals surface area contributed by atoms with Crippen molar-refractivity contribution < 1.29 is 13.2 Å². The zero-order chi connectivity index (χ0) is 14.4. The lowest BCUT2D eigenvalue weighted by Gasteiger charge is -2.26. The van der Waals surface area contributed by atoms with Crippen LogP contribution in [0.1, 0.15) is 31.4 Å². The van der Waals surface area contributed by atoms with Crippen molar-refractivity contribution in [2.75, 3.05) is 0 Å². The summed E-state index contributed by atoms with van der Waals surface area (Å²) in [6.07, 6.45) is -4.09. The first kappa shape index (κ1) is 15.2. The SMILES string of the molecule is CC(NC1(C(F)(F)F)CC1)c1ccc(Cl)c(Cl)c1Cl. The number of benzene rings is 1. The van der Waals surface area contributed by atoms with Gasteiger partial charge in [0.25, 0.3) is 0 Å². The average Bonchev–Trinajstić information content (AvgIpc) is 3.06. The van der Waals surface area contributed by atoms with Crippen molar-refractivity contribution in [3.8, 4) is 0 Å². The van der Waals surface area contributed by atoms with E-state index in [0.29, 0.717) is 5.56 Å². The molecule has 1 atom stereocenters. The monoisotopic (exact) mass is 331 g/mol. The molecule has 1 N–H and O–H groups in total. The minimum Gasteiger partial charge on any atom is -0.297 e. The first-order valence-corrected chi connectivity index (χ1v) is 6.79. The van der Waals surface area contributed by atoms with Gasteiger partial charge >= 0.3 is 6.18 Å². The molecular formula is C12H11Cl3F3N. The lowest BCUT2D eigenvalue weighted by atomic mass is 10.1. The highest BCUT2D eigenvalue weighted by Crippen LogP contribution is 2.50. The summed E-state index contributed by atoms with van der Waals surface area (Å²) in [5, 5.41) is 3.22. The maximum absolute atomic E-state index is 12.9. The maximum Gasteiger partial charge on any atom is 0.406 e. The quantitative estimate of drug-likeness (QED) is 0.732. The van der Waals surface area contributed by atoms with E-state index < -0.39 is 17.8 Å². The number of hydrogen-bond acceptors (Lipinski definition) is 1. The normalized spacial score (nSPS) is 19.3. The molecular weight excluding hydrogens is 321 g/mol. The summed E-state index contributed by atoms with van der Waals surface area (Å²) in [6.45, 7) is 1.62. The van der Waals surface area contributed by atoms with Gasteiger partial charge in [0.15, 0.2) is 0 Å². The van der Waals surface area contributed by atoms with Gasteiger partial charge in [0.05, 0.1) is 15.1 Å². The average molecular weight is 333 g/mol. The van der Waals surface area contributed by atoms with Crippen molar-refractivity contribution in [3.05, 3.63) is 32.8 Å². The molecule has 19 heavy (non-hydrogen) atoms. The largest absolute Gasteiger partial charge is 0.406 e. The Hall–Kier alpha value is -0.160. The molecule has 0 bridgehead atoms. The summed E-state index contributed by atoms with van der Waals surface area (Å²) >= 11 is 17.7. The molecule has 1 fully saturated rings. The second-order valence-corrected chi connectivity index (χ2v) is 5.87. The van der Waals surface area contributed by atoms with E-state index in [-0.39, 0.29) is 27.9 Å². The molecule has 0 aromatic heterocycles. The Labute approximate surface area is 124 Å². The summed E-state index contributed by atoms with van der Waals surface area (Å²) in [7, 11) is 0. The summed E-state index contributed by atoms with van der Waals surface area (Å²) in [5.74, 6) is 0. The molecule has 0 amide bonds. The fraction of sp³-hybridized carbons (Fsp3) is 0.500. The van der Waals surface area contributed by atoms with Crippen LogP contribution in [0.15, 0.2) is 12.1 Å². The predicted molar refractivity (Wildman–Crippen MR) is 71.0 cm³/mol. The van der Waals surface area contributed by atoms with Crippen LogP contribution in [0.2, 0.25) is 15.1 Å². The summed E-state index contributed by atoms with van der Waals surface area (Å²) < 4.78 is 38.6. The van der Waals surface area contributed by atoms with E-state index in [9.17, 15) is 13.2 Å². The highest BCUT2D eigenvalue weighted by molar-refractivity contribution is 6.48. The molecule has 2 rings (SSSR count). The Bertz CT molecular complexity index is 498. The predicted octanol–water partition coefficient (Wildman–Crippen LogP) is 5.39. The van der Waals surface area contributed by atoms with E-state index >= 15 is 0 Å². The Balaban J connectivity index is 2.22. The summed E-state index contributed by atoms with van der Waals surface area (Å²) in [6, 6.07) is 2.54. The van der Waals surface area contributed by atoms with Gasteiger partial charge in [-0.2, -0.15) is 13.2 Å². The van der Waals surface area contributed by atoms with Crippen molar-refractivity contribution >= 4 is 34.8 Å². The molecule has 106 valence electrons. The van der Waals surface area contributed by atoms with Crippen molar-refractivity contribution in [2.24, 2.45) is 0 Å². The van der Waals surface area contributed by atoms with Crippen LogP contribution >= 0.6 is 34.8 Å². The summed E-state index contributed by atoms with van der Waals surface area (Å²) in [4.78, 5) is 0. The Morgan fingerprint density at radius 2 is 1.74 bits per heavy atom. The van der Waals surface area contributed by atoms with Crippen LogP contribution in [0.3, 0.4) is 0 Å². The number of alkyl halides is 3. The van der Waals surface area contributed by atoms with Gasteiger partial charge in [0, 0.05) is 6.04 Å². The second-order valence-electron chi connectivity index (χ2n) is 4.71. The maximum atomic E-state index is 12.9. The molecule has 1 nitrogen and oxygen atoms in total. The van der Waals surface area contributed by atoms with Crippen LogP contribution < -0.4 is 5.32 Å². The van der Waals surface area contributed by atoms with E-state index in [4.69, 9.17) is 34.8 Å². The number of halogens is 6. The van der Waals surface area contributed by atoms with Gasteiger partial charge in [0.1, 0.15) is 5.54 Å². The minimum atomic E-state index is -4.26. The zero-order valence-corrected chi connectivity index (χ0v) is 12.2. The van der Waals surface area contributed by atoms with Crippen LogP contribution in [0.25, 0.3) is 0 Å². The molecule has 0 aliphatic heterocycles. The van der Waals surface area contributed by atoms with Gasteiger partial charge in [0.2, 0.25) is 0 Å². The number of rotatable bonds is 3. The molecule has 1 saturated carbocycles. The van der Waals surface area contributed by atoms with Gasteiger partial charge in [-0.15, -0.1) is 0 Å². The fourth-order valence-corrected chi connectivity index (χ4v) is 2.71. The van der Waals surface area contributed by atoms with Crippen LogP contribution in [-0.4, -0.2) is 11.7 Å². The standard InChI is InChI=1S/C12H11Cl3F3N/c1-6(19-11(4-5-11)12(16,17)18)7-2-3-8(13)10(15)9(7)14/h2-3,6,19H,4-5H2,1H3. The van der Waals surface area contributed by atoms with Crippen molar-refractivity contribution in [2.45, 2.75) is 37.5 Å². The highest BCUT2D eigenvalue weighted by Gasteiger charge is 2.63. The smallest absolute Gasteiger partial charge is 0.297 e. The van der Waals surface area contributed by atoms with Gasteiger partial charge in [-0.25, -0.2) is 0 Å². The molecule has 7 heteroatoms. The van der Waals surface area contributed by atoms with E-state index in [0.717, 1.165) is 0 Å². The van der Waals surface area contributed by atoms with E-state index in [1.165, 1.54) is 6.07 Å². The first-order chi connectivity index (χ1) is 8.68. The molecule has 1 aromatic rings. The van der Waals surface area contributed by atoms with Gasteiger partial charge in [-0.05, 0) is 31.4 Å². The molecule has 0 spiro atoms. The number of hydrogen-bond donors (Lipinski definition) is 1. The lowest BCUT2D eigenvalue weighted by Crippen LogP contribution is -2.45. The fourth-order valence-electron chi connectivity index (χ4n) is 2.00. The number of nitrogens with one attached hydrogen (secondary N) is 1. The Kier molecular flexibility index (Phi) is 4.00. The third-order valence-corrected chi connectivity index (χ3v) is 4.63. The van der Waals surface area contributed by atoms with Gasteiger partial charge < -0.3 is 0 Å². The topological polar surface area (TPSA) is 12.0 Å². The molecule has 1 aromatic carbocycles. The molecule has 0 radical (unpaired) electrons. The van der Waals surface area contributed by atoms with Crippen molar-refractivity contribution in [3.63, 3.8) is 0 Å². The van der Waals surface area contributed by atoms with Crippen LogP contribution in [0.4, 0.5) is 13.2 Å². The van der Waals surface area contributed by atoms with Crippen LogP contribution in [-0.2, 0) is 0 Å².